The van der Waals surface area contributed by atoms with E-state index in [1.807, 2.05) is 19.1 Å². The molecule has 1 fully saturated rings. The van der Waals surface area contributed by atoms with Crippen molar-refractivity contribution in [2.75, 3.05) is 13.2 Å². The number of benzene rings is 1. The Labute approximate surface area is 172 Å². The molecule has 2 aliphatic heterocycles. The van der Waals surface area contributed by atoms with E-state index in [-0.39, 0.29) is 30.4 Å². The lowest BCUT2D eigenvalue weighted by Gasteiger charge is -2.34. The Bertz CT molecular complexity index is 859. The molecule has 2 atom stereocenters. The molecule has 2 heterocycles. The van der Waals surface area contributed by atoms with Gasteiger partial charge in [-0.3, -0.25) is 4.79 Å². The van der Waals surface area contributed by atoms with Crippen molar-refractivity contribution in [3.05, 3.63) is 57.9 Å². The molecule has 1 aliphatic carbocycles. The molecule has 0 saturated carbocycles. The SMILES string of the molecule is CCc1ccc([C@@H]2C(C(=O)OC[C@H]3CCCO3)=C(C)NC3=C2C(=O)CCC3)cc1. The van der Waals surface area contributed by atoms with Crippen molar-refractivity contribution in [1.29, 1.82) is 0 Å². The number of hydrogen-bond acceptors (Lipinski definition) is 5. The van der Waals surface area contributed by atoms with E-state index >= 15 is 0 Å². The summed E-state index contributed by atoms with van der Waals surface area (Å²) in [5.74, 6) is -0.609. The lowest BCUT2D eigenvalue weighted by molar-refractivity contribution is -0.142. The predicted molar refractivity (Wildman–Crippen MR) is 110 cm³/mol. The van der Waals surface area contributed by atoms with Gasteiger partial charge in [0, 0.05) is 35.9 Å². The van der Waals surface area contributed by atoms with Gasteiger partial charge in [0.15, 0.2) is 5.78 Å². The van der Waals surface area contributed by atoms with Gasteiger partial charge in [0.05, 0.1) is 11.7 Å². The zero-order valence-electron chi connectivity index (χ0n) is 17.3. The number of carbonyl (C=O) groups excluding carboxylic acids is 2. The summed E-state index contributed by atoms with van der Waals surface area (Å²) < 4.78 is 11.2. The molecular weight excluding hydrogens is 366 g/mol. The van der Waals surface area contributed by atoms with Crippen LogP contribution < -0.4 is 5.32 Å². The second kappa shape index (κ2) is 8.54. The van der Waals surface area contributed by atoms with Crippen molar-refractivity contribution in [1.82, 2.24) is 5.32 Å². The molecule has 0 aromatic heterocycles. The van der Waals surface area contributed by atoms with Crippen molar-refractivity contribution in [2.45, 2.75) is 64.4 Å². The molecule has 1 N–H and O–H groups in total. The fraction of sp³-hybridized carbons (Fsp3) is 0.500. The topological polar surface area (TPSA) is 64.6 Å². The van der Waals surface area contributed by atoms with E-state index in [1.54, 1.807) is 0 Å². The number of hydrogen-bond donors (Lipinski definition) is 1. The Morgan fingerprint density at radius 3 is 2.69 bits per heavy atom. The van der Waals surface area contributed by atoms with Crippen LogP contribution in [0.4, 0.5) is 0 Å². The number of dihydropyridines is 1. The molecule has 0 radical (unpaired) electrons. The molecule has 0 amide bonds. The quantitative estimate of drug-likeness (QED) is 0.765. The van der Waals surface area contributed by atoms with E-state index in [2.05, 4.69) is 24.4 Å². The van der Waals surface area contributed by atoms with Crippen molar-refractivity contribution in [3.63, 3.8) is 0 Å². The highest BCUT2D eigenvalue weighted by atomic mass is 16.6. The van der Waals surface area contributed by atoms with Gasteiger partial charge in [-0.2, -0.15) is 0 Å². The summed E-state index contributed by atoms with van der Waals surface area (Å²) in [5.41, 5.74) is 5.21. The monoisotopic (exact) mass is 395 g/mol. The average Bonchev–Trinajstić information content (AvgIpc) is 3.25. The number of rotatable bonds is 5. The summed E-state index contributed by atoms with van der Waals surface area (Å²) >= 11 is 0. The number of esters is 1. The minimum absolute atomic E-state index is 0.0233. The summed E-state index contributed by atoms with van der Waals surface area (Å²) in [6.45, 7) is 5.00. The van der Waals surface area contributed by atoms with Crippen LogP contribution >= 0.6 is 0 Å². The number of ketones is 1. The molecule has 154 valence electrons. The Morgan fingerprint density at radius 1 is 1.21 bits per heavy atom. The molecule has 4 rings (SSSR count). The summed E-state index contributed by atoms with van der Waals surface area (Å²) in [6.07, 6.45) is 5.05. The maximum absolute atomic E-state index is 13.1. The standard InChI is InChI=1S/C24H29NO4/c1-3-16-9-11-17(12-10-16)22-21(24(27)29-14-18-6-5-13-28-18)15(2)25-19-7-4-8-20(26)23(19)22/h9-12,18,22,25H,3-8,13-14H2,1-2H3/t18-,22-/m1/s1. The maximum Gasteiger partial charge on any atom is 0.336 e. The number of ether oxygens (including phenoxy) is 2. The highest BCUT2D eigenvalue weighted by molar-refractivity contribution is 6.03. The predicted octanol–water partition coefficient (Wildman–Crippen LogP) is 3.94. The second-order valence-corrected chi connectivity index (χ2v) is 8.09. The van der Waals surface area contributed by atoms with Gasteiger partial charge >= 0.3 is 5.97 Å². The molecule has 0 unspecified atom stereocenters. The largest absolute Gasteiger partial charge is 0.459 e. The minimum Gasteiger partial charge on any atom is -0.459 e. The van der Waals surface area contributed by atoms with Crippen LogP contribution in [0.5, 0.6) is 0 Å². The average molecular weight is 395 g/mol. The minimum atomic E-state index is -0.373. The highest BCUT2D eigenvalue weighted by Gasteiger charge is 2.39. The molecule has 0 spiro atoms. The summed E-state index contributed by atoms with van der Waals surface area (Å²) in [6, 6.07) is 8.25. The molecule has 3 aliphatic rings. The zero-order chi connectivity index (χ0) is 20.4. The maximum atomic E-state index is 13.1. The van der Waals surface area contributed by atoms with Crippen LogP contribution in [0.3, 0.4) is 0 Å². The van der Waals surface area contributed by atoms with Gasteiger partial charge in [-0.25, -0.2) is 4.79 Å². The van der Waals surface area contributed by atoms with Gasteiger partial charge in [0.25, 0.3) is 0 Å². The van der Waals surface area contributed by atoms with Gasteiger partial charge in [-0.1, -0.05) is 31.2 Å². The van der Waals surface area contributed by atoms with E-state index in [0.29, 0.717) is 12.0 Å². The summed E-state index contributed by atoms with van der Waals surface area (Å²) in [4.78, 5) is 26.0. The number of allylic oxidation sites excluding steroid dienone is 3. The van der Waals surface area contributed by atoms with Crippen LogP contribution in [0.2, 0.25) is 0 Å². The Kier molecular flexibility index (Phi) is 5.86. The van der Waals surface area contributed by atoms with Crippen LogP contribution in [0.25, 0.3) is 0 Å². The van der Waals surface area contributed by atoms with Gasteiger partial charge in [-0.05, 0) is 50.2 Å². The van der Waals surface area contributed by atoms with E-state index in [9.17, 15) is 9.59 Å². The molecule has 1 aromatic carbocycles. The molecular formula is C24H29NO4. The van der Waals surface area contributed by atoms with Crippen LogP contribution in [0.15, 0.2) is 46.8 Å². The third kappa shape index (κ3) is 4.01. The van der Waals surface area contributed by atoms with Gasteiger partial charge in [0.2, 0.25) is 0 Å². The Balaban J connectivity index is 1.68. The fourth-order valence-electron chi connectivity index (χ4n) is 4.56. The van der Waals surface area contributed by atoms with Gasteiger partial charge in [-0.15, -0.1) is 0 Å². The second-order valence-electron chi connectivity index (χ2n) is 8.09. The van der Waals surface area contributed by atoms with Crippen molar-refractivity contribution >= 4 is 11.8 Å². The lowest BCUT2D eigenvalue weighted by Crippen LogP contribution is -2.35. The molecule has 1 saturated heterocycles. The molecule has 5 heteroatoms. The van der Waals surface area contributed by atoms with Gasteiger partial charge < -0.3 is 14.8 Å². The van der Waals surface area contributed by atoms with Gasteiger partial charge in [0.1, 0.15) is 6.61 Å². The fourth-order valence-corrected chi connectivity index (χ4v) is 4.56. The van der Waals surface area contributed by atoms with E-state index in [4.69, 9.17) is 9.47 Å². The van der Waals surface area contributed by atoms with Crippen molar-refractivity contribution in [2.24, 2.45) is 0 Å². The first-order valence-corrected chi connectivity index (χ1v) is 10.7. The zero-order valence-corrected chi connectivity index (χ0v) is 17.3. The van der Waals surface area contributed by atoms with Crippen LogP contribution in [0.1, 0.15) is 63.0 Å². The molecule has 1 aromatic rings. The van der Waals surface area contributed by atoms with Crippen LogP contribution in [-0.2, 0) is 25.5 Å². The smallest absolute Gasteiger partial charge is 0.336 e. The van der Waals surface area contributed by atoms with Crippen molar-refractivity contribution < 1.29 is 19.1 Å². The Morgan fingerprint density at radius 2 is 2.00 bits per heavy atom. The van der Waals surface area contributed by atoms with Crippen LogP contribution in [0, 0.1) is 0 Å². The first-order valence-electron chi connectivity index (χ1n) is 10.7. The first kappa shape index (κ1) is 19.9. The summed E-state index contributed by atoms with van der Waals surface area (Å²) in [7, 11) is 0. The van der Waals surface area contributed by atoms with E-state index in [1.165, 1.54) is 5.56 Å². The third-order valence-corrected chi connectivity index (χ3v) is 6.14. The van der Waals surface area contributed by atoms with E-state index in [0.717, 1.165) is 61.2 Å². The van der Waals surface area contributed by atoms with E-state index < -0.39 is 0 Å². The molecule has 29 heavy (non-hydrogen) atoms. The third-order valence-electron chi connectivity index (χ3n) is 6.14. The number of nitrogens with one attached hydrogen (secondary N) is 1. The first-order chi connectivity index (χ1) is 14.1. The highest BCUT2D eigenvalue weighted by Crippen LogP contribution is 2.42. The number of Topliss-reactive ketones (excluding diaryl/α,β-unsaturated/α-hetero) is 1. The van der Waals surface area contributed by atoms with Crippen LogP contribution in [-0.4, -0.2) is 31.1 Å². The lowest BCUT2D eigenvalue weighted by atomic mass is 9.75. The number of carbonyl (C=O) groups is 2. The Hall–Kier alpha value is -2.40. The normalized spacial score (nSPS) is 24.4. The van der Waals surface area contributed by atoms with Crippen molar-refractivity contribution in [3.8, 4) is 0 Å². The number of aryl methyl sites for hydroxylation is 1. The molecule has 5 nitrogen and oxygen atoms in total. The molecule has 0 bridgehead atoms. The summed E-state index contributed by atoms with van der Waals surface area (Å²) in [5, 5.41) is 3.34.